The number of aromatic nitrogens is 3. The molecule has 0 saturated carbocycles. The molecule has 5 aromatic carbocycles. The third-order valence-electron chi connectivity index (χ3n) is 10.3. The van der Waals surface area contributed by atoms with Crippen LogP contribution in [-0.4, -0.2) is 14.1 Å². The zero-order chi connectivity index (χ0) is 33.0. The first-order valence-electron chi connectivity index (χ1n) is 17.4. The van der Waals surface area contributed by atoms with Gasteiger partial charge in [-0.2, -0.15) is 0 Å². The minimum Gasteiger partial charge on any atom is -0.360 e. The van der Waals surface area contributed by atoms with E-state index in [-0.39, 0.29) is 6.17 Å². The van der Waals surface area contributed by atoms with Crippen LogP contribution in [-0.2, 0) is 12.8 Å². The molecule has 2 aliphatic rings. The highest BCUT2D eigenvalue weighted by Gasteiger charge is 2.32. The van der Waals surface area contributed by atoms with E-state index >= 15 is 0 Å². The number of nitrogens with one attached hydrogen (secondary N) is 1. The van der Waals surface area contributed by atoms with Gasteiger partial charge in [0.25, 0.3) is 0 Å². The normalized spacial score (nSPS) is 15.0. The summed E-state index contributed by atoms with van der Waals surface area (Å²) >= 11 is 0. The van der Waals surface area contributed by atoms with Gasteiger partial charge in [0.05, 0.1) is 39.5 Å². The molecule has 8 aromatic rings. The predicted octanol–water partition coefficient (Wildman–Crippen LogP) is 10.8. The average Bonchev–Trinajstić information content (AvgIpc) is 3.72. The minimum atomic E-state index is -0.126. The van der Waals surface area contributed by atoms with Crippen molar-refractivity contribution in [2.45, 2.75) is 19.0 Å². The fraction of sp³-hybridized carbons (Fsp3) is 0.0652. The number of nitrogens with zero attached hydrogens (tertiary/aromatic N) is 3. The Morgan fingerprint density at radius 1 is 0.540 bits per heavy atom. The third-order valence-corrected chi connectivity index (χ3v) is 10.3. The van der Waals surface area contributed by atoms with Crippen molar-refractivity contribution in [2.75, 3.05) is 0 Å². The molecule has 0 fully saturated rings. The number of allylic oxidation sites excluding steroid dienone is 2. The Morgan fingerprint density at radius 3 is 1.86 bits per heavy atom. The van der Waals surface area contributed by atoms with Gasteiger partial charge in [-0.1, -0.05) is 121 Å². The predicted molar refractivity (Wildman–Crippen MR) is 206 cm³/mol. The van der Waals surface area contributed by atoms with Crippen molar-refractivity contribution in [3.8, 4) is 39.5 Å². The Kier molecular flexibility index (Phi) is 6.66. The Hall–Kier alpha value is -6.39. The molecule has 4 heterocycles. The van der Waals surface area contributed by atoms with Crippen molar-refractivity contribution < 1.29 is 0 Å². The standard InChI is InChI=1S/C46H34N4/c1-4-15-31(16-5-1)33-29-40(32-17-6-2-7-18-32)47-41(30-33)39-23-14-26-44(48-39)50-43-25-13-11-22-36(43)38-28-27-37-35-21-10-12-24-42(35)49(45(37)46(38)50)34-19-8-3-9-20-34/h1-26,29-30,44,48H,27-28H2. The molecule has 1 aliphatic heterocycles. The maximum absolute atomic E-state index is 5.26. The number of rotatable bonds is 5. The van der Waals surface area contributed by atoms with Crippen LogP contribution >= 0.6 is 0 Å². The molecular formula is C46H34N4. The van der Waals surface area contributed by atoms with Gasteiger partial charge < -0.3 is 14.5 Å². The summed E-state index contributed by atoms with van der Waals surface area (Å²) < 4.78 is 5.02. The van der Waals surface area contributed by atoms with Gasteiger partial charge in [0.15, 0.2) is 0 Å². The summed E-state index contributed by atoms with van der Waals surface area (Å²) in [4.78, 5) is 5.26. The van der Waals surface area contributed by atoms with E-state index in [9.17, 15) is 0 Å². The lowest BCUT2D eigenvalue weighted by Crippen LogP contribution is -2.27. The van der Waals surface area contributed by atoms with E-state index in [4.69, 9.17) is 4.98 Å². The lowest BCUT2D eigenvalue weighted by molar-refractivity contribution is 0.573. The highest BCUT2D eigenvalue weighted by molar-refractivity contribution is 6.00. The highest BCUT2D eigenvalue weighted by atomic mass is 15.2. The molecule has 0 saturated heterocycles. The van der Waals surface area contributed by atoms with Crippen LogP contribution < -0.4 is 5.32 Å². The largest absolute Gasteiger partial charge is 0.360 e. The molecule has 0 radical (unpaired) electrons. The van der Waals surface area contributed by atoms with E-state index in [2.05, 4.69) is 184 Å². The summed E-state index contributed by atoms with van der Waals surface area (Å²) in [6.07, 6.45) is 8.51. The fourth-order valence-corrected chi connectivity index (χ4v) is 8.08. The molecule has 1 N–H and O–H groups in total. The SMILES string of the molecule is C1=CC(n2c3c(c4ccccc42)CCc2c-3n(-c3ccccc3)c3ccccc23)NC(c2cc(-c3ccccc3)cc(-c3ccccc3)n2)=C1. The first kappa shape index (κ1) is 28.6. The van der Waals surface area contributed by atoms with Crippen LogP contribution in [0.15, 0.2) is 170 Å². The second-order valence-electron chi connectivity index (χ2n) is 13.1. The van der Waals surface area contributed by atoms with Gasteiger partial charge in [-0.25, -0.2) is 4.98 Å². The second kappa shape index (κ2) is 11.6. The number of aryl methyl sites for hydroxylation is 2. The lowest BCUT2D eigenvalue weighted by Gasteiger charge is -2.28. The van der Waals surface area contributed by atoms with Crippen LogP contribution in [0.1, 0.15) is 23.0 Å². The maximum atomic E-state index is 5.26. The summed E-state index contributed by atoms with van der Waals surface area (Å²) in [5.41, 5.74) is 15.3. The number of fused-ring (bicyclic) bond motifs is 7. The number of pyridine rings is 1. The molecule has 1 aliphatic carbocycles. The van der Waals surface area contributed by atoms with Crippen molar-refractivity contribution in [3.63, 3.8) is 0 Å². The minimum absolute atomic E-state index is 0.126. The van der Waals surface area contributed by atoms with Gasteiger partial charge in [0, 0.05) is 22.0 Å². The number of para-hydroxylation sites is 3. The zero-order valence-corrected chi connectivity index (χ0v) is 27.5. The van der Waals surface area contributed by atoms with Crippen LogP contribution in [0.4, 0.5) is 0 Å². The van der Waals surface area contributed by atoms with E-state index in [1.54, 1.807) is 0 Å². The third kappa shape index (κ3) is 4.56. The average molecular weight is 643 g/mol. The first-order chi connectivity index (χ1) is 24.8. The van der Waals surface area contributed by atoms with Crippen LogP contribution in [0.5, 0.6) is 0 Å². The molecular weight excluding hydrogens is 609 g/mol. The van der Waals surface area contributed by atoms with Crippen molar-refractivity contribution in [1.29, 1.82) is 0 Å². The Balaban J connectivity index is 1.16. The molecule has 0 amide bonds. The first-order valence-corrected chi connectivity index (χ1v) is 17.4. The summed E-state index contributed by atoms with van der Waals surface area (Å²) in [5.74, 6) is 0. The monoisotopic (exact) mass is 642 g/mol. The Bertz CT molecular complexity index is 2550. The van der Waals surface area contributed by atoms with Crippen molar-refractivity contribution in [3.05, 3.63) is 187 Å². The second-order valence-corrected chi connectivity index (χ2v) is 13.1. The molecule has 10 rings (SSSR count). The summed E-state index contributed by atoms with van der Waals surface area (Å²) in [6, 6.07) is 54.1. The molecule has 238 valence electrons. The molecule has 3 aromatic heterocycles. The summed E-state index contributed by atoms with van der Waals surface area (Å²) in [6.45, 7) is 0. The van der Waals surface area contributed by atoms with Gasteiger partial charge in [-0.15, -0.1) is 0 Å². The summed E-state index contributed by atoms with van der Waals surface area (Å²) in [5, 5.41) is 6.61. The fourth-order valence-electron chi connectivity index (χ4n) is 8.08. The topological polar surface area (TPSA) is 34.8 Å². The molecule has 50 heavy (non-hydrogen) atoms. The van der Waals surface area contributed by atoms with Crippen LogP contribution in [0.3, 0.4) is 0 Å². The quantitative estimate of drug-likeness (QED) is 0.203. The van der Waals surface area contributed by atoms with Gasteiger partial charge in [-0.3, -0.25) is 0 Å². The van der Waals surface area contributed by atoms with E-state index in [1.165, 1.54) is 55.6 Å². The van der Waals surface area contributed by atoms with E-state index in [0.29, 0.717) is 0 Å². The van der Waals surface area contributed by atoms with E-state index in [0.717, 1.165) is 41.1 Å². The smallest absolute Gasteiger partial charge is 0.123 e. The molecule has 4 nitrogen and oxygen atoms in total. The van der Waals surface area contributed by atoms with E-state index < -0.39 is 0 Å². The van der Waals surface area contributed by atoms with Crippen LogP contribution in [0.2, 0.25) is 0 Å². The Morgan fingerprint density at radius 2 is 1.12 bits per heavy atom. The number of hydrogen-bond acceptors (Lipinski definition) is 2. The van der Waals surface area contributed by atoms with Gasteiger partial charge in [-0.05, 0) is 83.6 Å². The van der Waals surface area contributed by atoms with Crippen LogP contribution in [0, 0.1) is 0 Å². The number of dihydropyridines is 1. The lowest BCUT2D eigenvalue weighted by atomic mass is 9.92. The van der Waals surface area contributed by atoms with Gasteiger partial charge in [0.1, 0.15) is 6.17 Å². The molecule has 0 spiro atoms. The molecule has 4 heteroatoms. The van der Waals surface area contributed by atoms with E-state index in [1.807, 2.05) is 0 Å². The van der Waals surface area contributed by atoms with Gasteiger partial charge >= 0.3 is 0 Å². The van der Waals surface area contributed by atoms with Crippen LogP contribution in [0.25, 0.3) is 67.0 Å². The van der Waals surface area contributed by atoms with Crippen molar-refractivity contribution in [1.82, 2.24) is 19.4 Å². The molecule has 1 unspecified atom stereocenters. The molecule has 0 bridgehead atoms. The highest BCUT2D eigenvalue weighted by Crippen LogP contribution is 2.47. The van der Waals surface area contributed by atoms with Crippen molar-refractivity contribution >= 4 is 27.5 Å². The maximum Gasteiger partial charge on any atom is 0.123 e. The van der Waals surface area contributed by atoms with Crippen molar-refractivity contribution in [2.24, 2.45) is 0 Å². The Labute approximate surface area is 291 Å². The zero-order valence-electron chi connectivity index (χ0n) is 27.5. The van der Waals surface area contributed by atoms with Gasteiger partial charge in [0.2, 0.25) is 0 Å². The number of benzene rings is 5. The molecule has 1 atom stereocenters. The summed E-state index contributed by atoms with van der Waals surface area (Å²) in [7, 11) is 0. The number of hydrogen-bond donors (Lipinski definition) is 1.